The van der Waals surface area contributed by atoms with Crippen LogP contribution in [-0.4, -0.2) is 27.9 Å². The number of benzene rings is 1. The molecule has 1 rings (SSSR count). The van der Waals surface area contributed by atoms with Crippen molar-refractivity contribution in [1.29, 1.82) is 0 Å². The first-order valence-electron chi connectivity index (χ1n) is 5.71. The van der Waals surface area contributed by atoms with Crippen molar-refractivity contribution in [3.05, 3.63) is 33.8 Å². The van der Waals surface area contributed by atoms with E-state index in [0.717, 1.165) is 0 Å². The molecule has 1 unspecified atom stereocenters. The summed E-state index contributed by atoms with van der Waals surface area (Å²) in [6.07, 6.45) is 0. The van der Waals surface area contributed by atoms with E-state index in [9.17, 15) is 14.7 Å². The Balaban J connectivity index is 3.34. The molecule has 0 aliphatic carbocycles. The highest BCUT2D eigenvalue weighted by molar-refractivity contribution is 6.34. The molecule has 104 valence electrons. The lowest BCUT2D eigenvalue weighted by atomic mass is 10.0. The minimum Gasteiger partial charge on any atom is -0.479 e. The molecule has 0 radical (unpaired) electrons. The first-order chi connectivity index (χ1) is 8.73. The Morgan fingerprint density at radius 3 is 1.95 bits per heavy atom. The summed E-state index contributed by atoms with van der Waals surface area (Å²) >= 11 is 11.8. The van der Waals surface area contributed by atoms with Gasteiger partial charge in [-0.1, -0.05) is 23.2 Å². The van der Waals surface area contributed by atoms with Crippen LogP contribution in [-0.2, 0) is 9.59 Å². The molecule has 0 aliphatic heterocycles. The smallest absolute Gasteiger partial charge is 0.331 e. The fraction of sp³-hybridized carbons (Fsp3) is 0.385. The van der Waals surface area contributed by atoms with Gasteiger partial charge in [-0.15, -0.1) is 0 Å². The lowest BCUT2D eigenvalue weighted by Gasteiger charge is -2.32. The van der Waals surface area contributed by atoms with Gasteiger partial charge < -0.3 is 10.0 Å². The number of rotatable bonds is 4. The van der Waals surface area contributed by atoms with E-state index in [1.165, 1.54) is 30.0 Å². The fourth-order valence-corrected chi connectivity index (χ4v) is 2.54. The summed E-state index contributed by atoms with van der Waals surface area (Å²) in [5.74, 6) is -1.44. The minimum absolute atomic E-state index is 0.253. The Bertz CT molecular complexity index is 482. The highest BCUT2D eigenvalue weighted by Gasteiger charge is 2.31. The zero-order valence-corrected chi connectivity index (χ0v) is 12.4. The lowest BCUT2D eigenvalue weighted by Crippen LogP contribution is -2.42. The zero-order valence-electron chi connectivity index (χ0n) is 10.9. The SMILES string of the molecule is CC(=O)N(C(C)C)C(C(=O)O)c1cc(Cl)cc(Cl)c1. The van der Waals surface area contributed by atoms with Gasteiger partial charge in [-0.05, 0) is 37.6 Å². The highest BCUT2D eigenvalue weighted by Crippen LogP contribution is 2.29. The molecule has 1 aromatic rings. The third kappa shape index (κ3) is 3.85. The molecule has 0 saturated heterocycles. The van der Waals surface area contributed by atoms with E-state index in [0.29, 0.717) is 15.6 Å². The Kier molecular flexibility index (Phi) is 5.20. The topological polar surface area (TPSA) is 57.6 Å². The monoisotopic (exact) mass is 303 g/mol. The minimum atomic E-state index is -1.12. The Hall–Kier alpha value is -1.26. The van der Waals surface area contributed by atoms with Crippen LogP contribution >= 0.6 is 23.2 Å². The van der Waals surface area contributed by atoms with Crippen LogP contribution in [0, 0.1) is 0 Å². The molecule has 0 heterocycles. The summed E-state index contributed by atoms with van der Waals surface area (Å²) in [6.45, 7) is 4.84. The second kappa shape index (κ2) is 6.26. The molecule has 0 aliphatic rings. The van der Waals surface area contributed by atoms with Crippen LogP contribution in [0.15, 0.2) is 18.2 Å². The number of carboxylic acid groups (broad SMARTS) is 1. The van der Waals surface area contributed by atoms with Gasteiger partial charge in [0.25, 0.3) is 0 Å². The van der Waals surface area contributed by atoms with E-state index < -0.39 is 12.0 Å². The molecular weight excluding hydrogens is 289 g/mol. The van der Waals surface area contributed by atoms with Gasteiger partial charge in [0.1, 0.15) is 0 Å². The second-order valence-electron chi connectivity index (χ2n) is 4.46. The maximum atomic E-state index is 11.7. The molecule has 1 N–H and O–H groups in total. The standard InChI is InChI=1S/C13H15Cl2NO3/c1-7(2)16(8(3)17)12(13(18)19)9-4-10(14)6-11(15)5-9/h4-7,12H,1-3H3,(H,18,19). The van der Waals surface area contributed by atoms with Crippen molar-refractivity contribution in [2.24, 2.45) is 0 Å². The van der Waals surface area contributed by atoms with Crippen LogP contribution in [0.4, 0.5) is 0 Å². The maximum Gasteiger partial charge on any atom is 0.331 e. The summed E-state index contributed by atoms with van der Waals surface area (Å²) < 4.78 is 0. The third-order valence-corrected chi connectivity index (χ3v) is 3.07. The van der Waals surface area contributed by atoms with Crippen molar-refractivity contribution in [3.8, 4) is 0 Å². The van der Waals surface area contributed by atoms with Crippen LogP contribution in [0.5, 0.6) is 0 Å². The van der Waals surface area contributed by atoms with E-state index in [1.807, 2.05) is 0 Å². The zero-order chi connectivity index (χ0) is 14.7. The summed E-state index contributed by atoms with van der Waals surface area (Å²) in [6, 6.07) is 3.17. The summed E-state index contributed by atoms with van der Waals surface area (Å²) in [4.78, 5) is 24.4. The van der Waals surface area contributed by atoms with Gasteiger partial charge >= 0.3 is 5.97 Å². The van der Waals surface area contributed by atoms with E-state index in [1.54, 1.807) is 13.8 Å². The van der Waals surface area contributed by atoms with E-state index in [2.05, 4.69) is 0 Å². The van der Waals surface area contributed by atoms with Gasteiger partial charge in [-0.2, -0.15) is 0 Å². The van der Waals surface area contributed by atoms with Crippen molar-refractivity contribution >= 4 is 35.1 Å². The molecule has 0 fully saturated rings. The lowest BCUT2D eigenvalue weighted by molar-refractivity contribution is -0.151. The first-order valence-corrected chi connectivity index (χ1v) is 6.47. The number of halogens is 2. The molecule has 6 heteroatoms. The number of hydrogen-bond acceptors (Lipinski definition) is 2. The number of nitrogens with zero attached hydrogens (tertiary/aromatic N) is 1. The molecule has 1 aromatic carbocycles. The van der Waals surface area contributed by atoms with Crippen LogP contribution in [0.3, 0.4) is 0 Å². The van der Waals surface area contributed by atoms with Gasteiger partial charge in [-0.25, -0.2) is 4.79 Å². The van der Waals surface area contributed by atoms with Crippen molar-refractivity contribution in [2.45, 2.75) is 32.9 Å². The van der Waals surface area contributed by atoms with Crippen LogP contribution in [0.25, 0.3) is 0 Å². The summed E-state index contributed by atoms with van der Waals surface area (Å²) in [7, 11) is 0. The third-order valence-electron chi connectivity index (χ3n) is 2.63. The summed E-state index contributed by atoms with van der Waals surface area (Å²) in [5.41, 5.74) is 0.383. The molecule has 1 atom stereocenters. The number of carboxylic acids is 1. The summed E-state index contributed by atoms with van der Waals surface area (Å²) in [5, 5.41) is 10.1. The largest absolute Gasteiger partial charge is 0.479 e. The molecule has 0 aromatic heterocycles. The van der Waals surface area contributed by atoms with E-state index in [4.69, 9.17) is 23.2 Å². The second-order valence-corrected chi connectivity index (χ2v) is 5.34. The van der Waals surface area contributed by atoms with Crippen molar-refractivity contribution in [1.82, 2.24) is 4.90 Å². The number of carbonyl (C=O) groups excluding carboxylic acids is 1. The van der Waals surface area contributed by atoms with E-state index >= 15 is 0 Å². The molecule has 0 saturated carbocycles. The average molecular weight is 304 g/mol. The van der Waals surface area contributed by atoms with E-state index in [-0.39, 0.29) is 11.9 Å². The van der Waals surface area contributed by atoms with Crippen LogP contribution in [0.2, 0.25) is 10.0 Å². The van der Waals surface area contributed by atoms with Crippen molar-refractivity contribution in [3.63, 3.8) is 0 Å². The number of aliphatic carboxylic acids is 1. The van der Waals surface area contributed by atoms with Gasteiger partial charge in [0.2, 0.25) is 5.91 Å². The fourth-order valence-electron chi connectivity index (χ4n) is 2.00. The maximum absolute atomic E-state index is 11.7. The molecule has 4 nitrogen and oxygen atoms in total. The average Bonchev–Trinajstić information content (AvgIpc) is 2.22. The van der Waals surface area contributed by atoms with Crippen LogP contribution < -0.4 is 0 Å². The Morgan fingerprint density at radius 1 is 1.16 bits per heavy atom. The Labute approximate surface area is 121 Å². The quantitative estimate of drug-likeness (QED) is 0.927. The predicted octanol–water partition coefficient (Wildman–Crippen LogP) is 3.38. The molecule has 1 amide bonds. The normalized spacial score (nSPS) is 12.3. The highest BCUT2D eigenvalue weighted by atomic mass is 35.5. The number of carbonyl (C=O) groups is 2. The molecular formula is C13H15Cl2NO3. The number of hydrogen-bond donors (Lipinski definition) is 1. The van der Waals surface area contributed by atoms with Crippen molar-refractivity contribution < 1.29 is 14.7 Å². The molecule has 0 spiro atoms. The molecule has 19 heavy (non-hydrogen) atoms. The Morgan fingerprint density at radius 2 is 1.63 bits per heavy atom. The van der Waals surface area contributed by atoms with Crippen LogP contribution in [0.1, 0.15) is 32.4 Å². The van der Waals surface area contributed by atoms with Crippen molar-refractivity contribution in [2.75, 3.05) is 0 Å². The number of amides is 1. The predicted molar refractivity (Wildman–Crippen MR) is 74.5 cm³/mol. The molecule has 0 bridgehead atoms. The van der Waals surface area contributed by atoms with Gasteiger partial charge in [0.15, 0.2) is 6.04 Å². The first kappa shape index (κ1) is 15.8. The van der Waals surface area contributed by atoms with Gasteiger partial charge in [-0.3, -0.25) is 4.79 Å². The van der Waals surface area contributed by atoms with Gasteiger partial charge in [0, 0.05) is 23.0 Å². The van der Waals surface area contributed by atoms with Gasteiger partial charge in [0.05, 0.1) is 0 Å².